The van der Waals surface area contributed by atoms with Gasteiger partial charge in [0.05, 0.1) is 11.2 Å². The lowest BCUT2D eigenvalue weighted by atomic mass is 9.71. The molecule has 7 heteroatoms. The van der Waals surface area contributed by atoms with Crippen molar-refractivity contribution >= 4 is 17.7 Å². The van der Waals surface area contributed by atoms with E-state index in [4.69, 9.17) is 14.5 Å². The number of benzene rings is 1. The van der Waals surface area contributed by atoms with Crippen LogP contribution in [0.15, 0.2) is 43.0 Å². The zero-order chi connectivity index (χ0) is 23.8. The highest BCUT2D eigenvalue weighted by Gasteiger charge is 2.41. The molecular formula is C26H31N3O4. The van der Waals surface area contributed by atoms with Crippen LogP contribution in [0.2, 0.25) is 0 Å². The first-order valence-corrected chi connectivity index (χ1v) is 11.3. The molecule has 0 bridgehead atoms. The van der Waals surface area contributed by atoms with Crippen molar-refractivity contribution in [2.75, 3.05) is 18.6 Å². The molecule has 1 aliphatic carbocycles. The topological polar surface area (TPSA) is 80.8 Å². The number of hydrogen-bond acceptors (Lipinski definition) is 5. The van der Waals surface area contributed by atoms with E-state index in [1.165, 1.54) is 0 Å². The van der Waals surface area contributed by atoms with Crippen LogP contribution in [0.25, 0.3) is 11.3 Å². The number of aromatic nitrogens is 1. The number of anilines is 1. The minimum atomic E-state index is -0.542. The van der Waals surface area contributed by atoms with Crippen molar-refractivity contribution in [3.63, 3.8) is 0 Å². The van der Waals surface area contributed by atoms with Crippen molar-refractivity contribution in [1.82, 2.24) is 10.3 Å². The molecule has 1 fully saturated rings. The van der Waals surface area contributed by atoms with Crippen LogP contribution in [0.4, 0.5) is 10.5 Å². The number of pyridine rings is 1. The van der Waals surface area contributed by atoms with Crippen molar-refractivity contribution in [2.24, 2.45) is 0 Å². The molecule has 7 nitrogen and oxygen atoms in total. The summed E-state index contributed by atoms with van der Waals surface area (Å²) in [6.45, 7) is 9.42. The number of carbonyl (C=O) groups excluding carboxylic acids is 2. The fourth-order valence-corrected chi connectivity index (χ4v) is 4.26. The summed E-state index contributed by atoms with van der Waals surface area (Å²) in [6, 6.07) is 10.1. The van der Waals surface area contributed by atoms with Crippen LogP contribution in [0.5, 0.6) is 5.88 Å². The van der Waals surface area contributed by atoms with Gasteiger partial charge in [-0.2, -0.15) is 0 Å². The summed E-state index contributed by atoms with van der Waals surface area (Å²) in [5.41, 5.74) is 3.47. The third-order valence-corrected chi connectivity index (χ3v) is 6.14. The van der Waals surface area contributed by atoms with Gasteiger partial charge in [-0.15, -0.1) is 6.58 Å². The molecule has 33 heavy (non-hydrogen) atoms. The number of ether oxygens (including phenoxy) is 2. The fourth-order valence-electron chi connectivity index (χ4n) is 4.26. The third kappa shape index (κ3) is 4.58. The maximum atomic E-state index is 12.4. The van der Waals surface area contributed by atoms with Crippen molar-refractivity contribution < 1.29 is 19.1 Å². The fraction of sp³-hybridized carbons (Fsp3) is 0.423. The Bertz CT molecular complexity index is 1080. The van der Waals surface area contributed by atoms with E-state index in [2.05, 4.69) is 11.9 Å². The number of hydrogen-bond donors (Lipinski definition) is 1. The molecule has 174 valence electrons. The van der Waals surface area contributed by atoms with Crippen molar-refractivity contribution in [2.45, 2.75) is 57.6 Å². The molecule has 0 radical (unpaired) electrons. The molecule has 1 N–H and O–H groups in total. The van der Waals surface area contributed by atoms with Gasteiger partial charge in [0.25, 0.3) is 5.91 Å². The highest BCUT2D eigenvalue weighted by Crippen LogP contribution is 2.42. The van der Waals surface area contributed by atoms with Crippen LogP contribution in [0.3, 0.4) is 0 Å². The Labute approximate surface area is 194 Å². The summed E-state index contributed by atoms with van der Waals surface area (Å²) in [4.78, 5) is 30.8. The van der Waals surface area contributed by atoms with Crippen LogP contribution in [-0.2, 0) is 21.5 Å². The Kier molecular flexibility index (Phi) is 5.91. The quantitative estimate of drug-likeness (QED) is 0.667. The van der Waals surface area contributed by atoms with Gasteiger partial charge in [-0.25, -0.2) is 9.78 Å². The molecule has 2 aromatic rings. The van der Waals surface area contributed by atoms with E-state index in [0.29, 0.717) is 18.0 Å². The summed E-state index contributed by atoms with van der Waals surface area (Å²) in [6.07, 6.45) is 4.84. The van der Waals surface area contributed by atoms with E-state index in [-0.39, 0.29) is 12.5 Å². The van der Waals surface area contributed by atoms with Gasteiger partial charge in [0.15, 0.2) is 6.61 Å². The Morgan fingerprint density at radius 3 is 2.58 bits per heavy atom. The maximum Gasteiger partial charge on any atom is 0.408 e. The largest absolute Gasteiger partial charge is 0.466 e. The van der Waals surface area contributed by atoms with Crippen molar-refractivity contribution in [3.05, 3.63) is 54.1 Å². The lowest BCUT2D eigenvalue weighted by molar-refractivity contribution is -0.121. The molecule has 4 rings (SSSR count). The maximum absolute atomic E-state index is 12.4. The lowest BCUT2D eigenvalue weighted by Gasteiger charge is -2.43. The number of alkyl carbamates (subject to hydrolysis) is 1. The molecule has 0 unspecified atom stereocenters. The summed E-state index contributed by atoms with van der Waals surface area (Å²) in [5.74, 6) is 0.347. The van der Waals surface area contributed by atoms with Crippen LogP contribution in [0, 0.1) is 0 Å². The summed E-state index contributed by atoms with van der Waals surface area (Å²) in [7, 11) is 1.73. The van der Waals surface area contributed by atoms with Gasteiger partial charge in [0.1, 0.15) is 11.3 Å². The highest BCUT2D eigenvalue weighted by molar-refractivity contribution is 5.97. The molecule has 0 spiro atoms. The van der Waals surface area contributed by atoms with Crippen LogP contribution in [0.1, 0.15) is 51.2 Å². The molecule has 0 saturated heterocycles. The second-order valence-electron chi connectivity index (χ2n) is 9.69. The number of nitrogens with zero attached hydrogens (tertiary/aromatic N) is 2. The van der Waals surface area contributed by atoms with E-state index in [0.717, 1.165) is 41.6 Å². The Balaban J connectivity index is 1.63. The molecule has 2 amide bonds. The number of nitrogens with one attached hydrogen (secondary N) is 1. The van der Waals surface area contributed by atoms with Crippen LogP contribution in [-0.4, -0.2) is 36.2 Å². The van der Waals surface area contributed by atoms with Crippen molar-refractivity contribution in [1.29, 1.82) is 0 Å². The van der Waals surface area contributed by atoms with Gasteiger partial charge in [0.2, 0.25) is 5.88 Å². The summed E-state index contributed by atoms with van der Waals surface area (Å²) in [5, 5.41) is 3.10. The molecular weight excluding hydrogens is 418 g/mol. The standard InChI is InChI=1S/C26H31N3O4/c1-6-8-18-15-20-23(32-16-21(30)29(20)5)27-22(18)17-9-11-19(12-10-17)26(13-7-14-26)28-24(31)33-25(2,3)4/h6,9-12,15H,1,7-8,13-14,16H2,2-5H3,(H,28,31). The van der Waals surface area contributed by atoms with E-state index < -0.39 is 17.2 Å². The van der Waals surface area contributed by atoms with E-state index in [1.54, 1.807) is 11.9 Å². The number of allylic oxidation sites excluding steroid dienone is 1. The predicted molar refractivity (Wildman–Crippen MR) is 127 cm³/mol. The number of carbonyl (C=O) groups is 2. The molecule has 1 aromatic carbocycles. The zero-order valence-electron chi connectivity index (χ0n) is 19.7. The smallest absolute Gasteiger partial charge is 0.408 e. The van der Waals surface area contributed by atoms with Gasteiger partial charge in [0, 0.05) is 12.6 Å². The van der Waals surface area contributed by atoms with Gasteiger partial charge >= 0.3 is 6.09 Å². The Morgan fingerprint density at radius 1 is 1.30 bits per heavy atom. The number of rotatable bonds is 5. The zero-order valence-corrected chi connectivity index (χ0v) is 19.7. The minimum absolute atomic E-state index is 0.0193. The second kappa shape index (κ2) is 8.54. The Morgan fingerprint density at radius 2 is 2.00 bits per heavy atom. The molecule has 1 saturated carbocycles. The molecule has 2 heterocycles. The minimum Gasteiger partial charge on any atom is -0.466 e. The number of fused-ring (bicyclic) bond motifs is 1. The first kappa shape index (κ1) is 22.8. The van der Waals surface area contributed by atoms with E-state index in [1.807, 2.05) is 57.2 Å². The van der Waals surface area contributed by atoms with Gasteiger partial charge in [-0.05, 0) is 63.6 Å². The lowest BCUT2D eigenvalue weighted by Crippen LogP contribution is -2.52. The average molecular weight is 450 g/mol. The molecule has 1 aromatic heterocycles. The third-order valence-electron chi connectivity index (χ3n) is 6.14. The molecule has 1 aliphatic heterocycles. The first-order valence-electron chi connectivity index (χ1n) is 11.3. The number of likely N-dealkylation sites (N-methyl/N-ethyl adjacent to an activating group) is 1. The van der Waals surface area contributed by atoms with E-state index in [9.17, 15) is 9.59 Å². The average Bonchev–Trinajstić information content (AvgIpc) is 2.73. The Hall–Kier alpha value is -3.35. The summed E-state index contributed by atoms with van der Waals surface area (Å²) < 4.78 is 11.1. The van der Waals surface area contributed by atoms with Crippen LogP contribution < -0.4 is 15.0 Å². The first-order chi connectivity index (χ1) is 15.6. The summed E-state index contributed by atoms with van der Waals surface area (Å²) >= 11 is 0. The second-order valence-corrected chi connectivity index (χ2v) is 9.69. The molecule has 0 atom stereocenters. The van der Waals surface area contributed by atoms with Gasteiger partial charge in [-0.3, -0.25) is 4.79 Å². The monoisotopic (exact) mass is 449 g/mol. The SMILES string of the molecule is C=CCc1cc2c(nc1-c1ccc(C3(NC(=O)OC(C)(C)C)CCC3)cc1)OCC(=O)N2C. The highest BCUT2D eigenvalue weighted by atomic mass is 16.6. The molecule has 2 aliphatic rings. The van der Waals surface area contributed by atoms with Crippen LogP contribution >= 0.6 is 0 Å². The van der Waals surface area contributed by atoms with Gasteiger partial charge in [-0.1, -0.05) is 30.3 Å². The van der Waals surface area contributed by atoms with Crippen molar-refractivity contribution in [3.8, 4) is 17.1 Å². The number of amides is 2. The van der Waals surface area contributed by atoms with E-state index >= 15 is 0 Å². The van der Waals surface area contributed by atoms with Gasteiger partial charge < -0.3 is 19.7 Å². The predicted octanol–water partition coefficient (Wildman–Crippen LogP) is 4.74. The normalized spacial score (nSPS) is 16.8.